The zero-order chi connectivity index (χ0) is 21.4. The summed E-state index contributed by atoms with van der Waals surface area (Å²) in [5.41, 5.74) is 2.94. The van der Waals surface area contributed by atoms with Gasteiger partial charge in [0, 0.05) is 22.1 Å². The molecular formula is C22H24F3NO3. The maximum Gasteiger partial charge on any atom is 0.573 e. The molecule has 0 fully saturated rings. The van der Waals surface area contributed by atoms with Crippen molar-refractivity contribution in [2.24, 2.45) is 11.1 Å². The van der Waals surface area contributed by atoms with Crippen LogP contribution < -0.4 is 9.47 Å². The SMILES string of the molecule is CC(C)Cc1cc(-c2cc(/C=N/O)ccc2OC(F)(F)F)c2c(c1)C(C)(C)CO2. The summed E-state index contributed by atoms with van der Waals surface area (Å²) in [5, 5.41) is 11.8. The number of benzene rings is 2. The monoisotopic (exact) mass is 407 g/mol. The third-order valence-corrected chi connectivity index (χ3v) is 4.83. The van der Waals surface area contributed by atoms with Crippen LogP contribution in [0, 0.1) is 5.92 Å². The van der Waals surface area contributed by atoms with Crippen LogP contribution >= 0.6 is 0 Å². The molecule has 0 atom stereocenters. The molecule has 156 valence electrons. The van der Waals surface area contributed by atoms with E-state index in [0.29, 0.717) is 29.4 Å². The highest BCUT2D eigenvalue weighted by Gasteiger charge is 2.36. The van der Waals surface area contributed by atoms with Crippen LogP contribution in [0.25, 0.3) is 11.1 Å². The van der Waals surface area contributed by atoms with Gasteiger partial charge >= 0.3 is 6.36 Å². The molecule has 1 N–H and O–H groups in total. The lowest BCUT2D eigenvalue weighted by molar-refractivity contribution is -0.274. The van der Waals surface area contributed by atoms with Gasteiger partial charge in [0.05, 0.1) is 12.8 Å². The van der Waals surface area contributed by atoms with Gasteiger partial charge in [-0.2, -0.15) is 0 Å². The van der Waals surface area contributed by atoms with Crippen molar-refractivity contribution in [1.82, 2.24) is 0 Å². The Hall–Kier alpha value is -2.70. The van der Waals surface area contributed by atoms with E-state index in [1.54, 1.807) is 0 Å². The molecule has 1 aliphatic rings. The van der Waals surface area contributed by atoms with Crippen molar-refractivity contribution >= 4 is 6.21 Å². The van der Waals surface area contributed by atoms with E-state index in [4.69, 9.17) is 9.94 Å². The van der Waals surface area contributed by atoms with E-state index in [0.717, 1.165) is 23.8 Å². The topological polar surface area (TPSA) is 51.1 Å². The largest absolute Gasteiger partial charge is 0.573 e. The fraction of sp³-hybridized carbons (Fsp3) is 0.409. The molecule has 0 bridgehead atoms. The van der Waals surface area contributed by atoms with Gasteiger partial charge in [0.25, 0.3) is 0 Å². The Balaban J connectivity index is 2.26. The molecular weight excluding hydrogens is 383 g/mol. The first kappa shape index (κ1) is 21.0. The number of ether oxygens (including phenoxy) is 2. The summed E-state index contributed by atoms with van der Waals surface area (Å²) in [6.45, 7) is 8.71. The molecule has 1 heterocycles. The molecule has 0 unspecified atom stereocenters. The van der Waals surface area contributed by atoms with Crippen LogP contribution in [0.4, 0.5) is 13.2 Å². The third kappa shape index (κ3) is 4.66. The maximum absolute atomic E-state index is 13.0. The van der Waals surface area contributed by atoms with Crippen molar-refractivity contribution in [2.75, 3.05) is 6.61 Å². The van der Waals surface area contributed by atoms with Gasteiger partial charge in [0.1, 0.15) is 11.5 Å². The summed E-state index contributed by atoms with van der Waals surface area (Å²) in [6.07, 6.45) is -2.90. The zero-order valence-electron chi connectivity index (χ0n) is 16.8. The lowest BCUT2D eigenvalue weighted by Crippen LogP contribution is -2.18. The van der Waals surface area contributed by atoms with E-state index >= 15 is 0 Å². The lowest BCUT2D eigenvalue weighted by Gasteiger charge is -2.19. The molecule has 2 aromatic rings. The Morgan fingerprint density at radius 2 is 1.93 bits per heavy atom. The third-order valence-electron chi connectivity index (χ3n) is 4.83. The van der Waals surface area contributed by atoms with Gasteiger partial charge < -0.3 is 14.7 Å². The molecule has 0 spiro atoms. The molecule has 0 saturated carbocycles. The smallest absolute Gasteiger partial charge is 0.492 e. The maximum atomic E-state index is 13.0. The summed E-state index contributed by atoms with van der Waals surface area (Å²) in [6, 6.07) is 8.06. The van der Waals surface area contributed by atoms with Gasteiger partial charge in [-0.15, -0.1) is 13.2 Å². The number of rotatable bonds is 5. The van der Waals surface area contributed by atoms with E-state index in [2.05, 4.69) is 29.8 Å². The van der Waals surface area contributed by atoms with Crippen molar-refractivity contribution in [3.05, 3.63) is 47.0 Å². The Bertz CT molecular complexity index is 934. The summed E-state index contributed by atoms with van der Waals surface area (Å²) >= 11 is 0. The van der Waals surface area contributed by atoms with Gasteiger partial charge in [-0.05, 0) is 47.7 Å². The second kappa shape index (κ2) is 7.61. The Morgan fingerprint density at radius 3 is 2.55 bits per heavy atom. The van der Waals surface area contributed by atoms with Crippen molar-refractivity contribution in [2.45, 2.75) is 45.9 Å². The van der Waals surface area contributed by atoms with Crippen LogP contribution in [-0.4, -0.2) is 24.4 Å². The van der Waals surface area contributed by atoms with Gasteiger partial charge in [-0.3, -0.25) is 0 Å². The minimum atomic E-state index is -4.83. The van der Waals surface area contributed by atoms with Crippen LogP contribution in [0.15, 0.2) is 35.5 Å². The van der Waals surface area contributed by atoms with Crippen molar-refractivity contribution in [3.63, 3.8) is 0 Å². The van der Waals surface area contributed by atoms with E-state index in [1.807, 2.05) is 19.9 Å². The van der Waals surface area contributed by atoms with Crippen molar-refractivity contribution < 1.29 is 27.9 Å². The molecule has 7 heteroatoms. The number of alkyl halides is 3. The number of nitrogens with zero attached hydrogens (tertiary/aromatic N) is 1. The summed E-state index contributed by atoms with van der Waals surface area (Å²) in [4.78, 5) is 0. The Morgan fingerprint density at radius 1 is 1.21 bits per heavy atom. The number of oxime groups is 1. The van der Waals surface area contributed by atoms with E-state index in [-0.39, 0.29) is 16.7 Å². The van der Waals surface area contributed by atoms with Crippen LogP contribution in [0.1, 0.15) is 44.4 Å². The highest BCUT2D eigenvalue weighted by atomic mass is 19.4. The molecule has 4 nitrogen and oxygen atoms in total. The minimum absolute atomic E-state index is 0.235. The predicted molar refractivity (Wildman–Crippen MR) is 105 cm³/mol. The Kier molecular flexibility index (Phi) is 5.52. The lowest BCUT2D eigenvalue weighted by atomic mass is 9.83. The highest BCUT2D eigenvalue weighted by molar-refractivity contribution is 5.86. The Labute approximate surface area is 167 Å². The fourth-order valence-corrected chi connectivity index (χ4v) is 3.59. The number of fused-ring (bicyclic) bond motifs is 1. The predicted octanol–water partition coefficient (Wildman–Crippen LogP) is 5.93. The van der Waals surface area contributed by atoms with Gasteiger partial charge in [0.2, 0.25) is 0 Å². The second-order valence-corrected chi connectivity index (χ2v) is 8.34. The summed E-state index contributed by atoms with van der Waals surface area (Å²) in [7, 11) is 0. The first-order chi connectivity index (χ1) is 13.5. The molecule has 0 saturated heterocycles. The molecule has 1 aliphatic heterocycles. The molecule has 0 amide bonds. The first-order valence-corrected chi connectivity index (χ1v) is 9.38. The zero-order valence-corrected chi connectivity index (χ0v) is 16.8. The average Bonchev–Trinajstić information content (AvgIpc) is 2.89. The van der Waals surface area contributed by atoms with Gasteiger partial charge in [0.15, 0.2) is 0 Å². The molecule has 3 rings (SSSR count). The quantitative estimate of drug-likeness (QED) is 0.380. The number of halogens is 3. The van der Waals surface area contributed by atoms with Gasteiger partial charge in [-0.25, -0.2) is 0 Å². The average molecular weight is 407 g/mol. The van der Waals surface area contributed by atoms with E-state index in [1.165, 1.54) is 18.2 Å². The molecule has 0 radical (unpaired) electrons. The molecule has 0 aromatic heterocycles. The van der Waals surface area contributed by atoms with E-state index < -0.39 is 6.36 Å². The van der Waals surface area contributed by atoms with E-state index in [9.17, 15) is 13.2 Å². The van der Waals surface area contributed by atoms with Crippen molar-refractivity contribution in [1.29, 1.82) is 0 Å². The summed E-state index contributed by atoms with van der Waals surface area (Å²) < 4.78 is 49.3. The van der Waals surface area contributed by atoms with Crippen LogP contribution in [0.3, 0.4) is 0 Å². The van der Waals surface area contributed by atoms with Crippen LogP contribution in [0.2, 0.25) is 0 Å². The van der Waals surface area contributed by atoms with Crippen molar-refractivity contribution in [3.8, 4) is 22.6 Å². The molecule has 2 aromatic carbocycles. The molecule has 0 aliphatic carbocycles. The second-order valence-electron chi connectivity index (χ2n) is 8.34. The van der Waals surface area contributed by atoms with Crippen LogP contribution in [0.5, 0.6) is 11.5 Å². The van der Waals surface area contributed by atoms with Crippen LogP contribution in [-0.2, 0) is 11.8 Å². The standard InChI is InChI=1S/C22H24F3NO3/c1-13(2)7-15-9-17(20-18(10-15)21(3,4)12-28-20)16-8-14(11-26-27)5-6-19(16)29-22(23,24)25/h5-6,8-11,13,27H,7,12H2,1-4H3/b26-11+. The summed E-state index contributed by atoms with van der Waals surface area (Å²) in [5.74, 6) is 0.613. The highest BCUT2D eigenvalue weighted by Crippen LogP contribution is 2.48. The normalized spacial score (nSPS) is 15.6. The first-order valence-electron chi connectivity index (χ1n) is 9.38. The number of hydrogen-bond acceptors (Lipinski definition) is 4. The number of hydrogen-bond donors (Lipinski definition) is 1. The molecule has 29 heavy (non-hydrogen) atoms. The fourth-order valence-electron chi connectivity index (χ4n) is 3.59. The minimum Gasteiger partial charge on any atom is -0.492 e. The van der Waals surface area contributed by atoms with Gasteiger partial charge in [-0.1, -0.05) is 38.9 Å².